The number of pyridine rings is 1. The number of nitrogens with zero attached hydrogens (tertiary/aromatic N) is 2. The predicted molar refractivity (Wildman–Crippen MR) is 67.0 cm³/mol. The van der Waals surface area contributed by atoms with Gasteiger partial charge in [-0.1, -0.05) is 6.92 Å². The molecule has 2 aliphatic heterocycles. The second kappa shape index (κ2) is 4.38. The molecule has 102 valence electrons. The zero-order valence-electron chi connectivity index (χ0n) is 10.7. The summed E-state index contributed by atoms with van der Waals surface area (Å²) in [6.07, 6.45) is 3.10. The fourth-order valence-electron chi connectivity index (χ4n) is 2.71. The molecule has 0 aromatic carbocycles. The fraction of sp³-hybridized carbons (Fsp3) is 0.538. The van der Waals surface area contributed by atoms with Gasteiger partial charge in [-0.2, -0.15) is 0 Å². The highest BCUT2D eigenvalue weighted by Crippen LogP contribution is 2.28. The third kappa shape index (κ3) is 1.83. The van der Waals surface area contributed by atoms with E-state index in [4.69, 9.17) is 4.74 Å². The maximum atomic E-state index is 12.3. The molecule has 0 unspecified atom stereocenters. The first-order valence-corrected chi connectivity index (χ1v) is 6.50. The van der Waals surface area contributed by atoms with Crippen LogP contribution in [0.4, 0.5) is 0 Å². The van der Waals surface area contributed by atoms with Crippen molar-refractivity contribution in [2.45, 2.75) is 38.6 Å². The zero-order valence-corrected chi connectivity index (χ0v) is 10.7. The van der Waals surface area contributed by atoms with Crippen molar-refractivity contribution in [3.8, 4) is 5.75 Å². The van der Waals surface area contributed by atoms with Crippen LogP contribution >= 0.6 is 0 Å². The number of rotatable bonds is 1. The van der Waals surface area contributed by atoms with Crippen molar-refractivity contribution in [2.75, 3.05) is 6.54 Å². The second-order valence-electron chi connectivity index (χ2n) is 4.94. The number of fused-ring (bicyclic) bond motifs is 2. The minimum absolute atomic E-state index is 0.0716. The van der Waals surface area contributed by atoms with Gasteiger partial charge in [-0.25, -0.2) is 0 Å². The molecule has 1 aromatic rings. The number of amides is 1. The summed E-state index contributed by atoms with van der Waals surface area (Å²) in [7, 11) is 0. The van der Waals surface area contributed by atoms with E-state index in [1.54, 1.807) is 9.47 Å². The summed E-state index contributed by atoms with van der Waals surface area (Å²) in [5, 5.41) is 9.78. The van der Waals surface area contributed by atoms with Crippen LogP contribution in [0.3, 0.4) is 0 Å². The molecule has 1 saturated heterocycles. The van der Waals surface area contributed by atoms with Crippen LogP contribution < -0.4 is 5.43 Å². The van der Waals surface area contributed by atoms with E-state index >= 15 is 0 Å². The Morgan fingerprint density at radius 2 is 2.26 bits per heavy atom. The molecule has 0 bridgehead atoms. The first-order chi connectivity index (χ1) is 9.11. The Labute approximate surface area is 110 Å². The van der Waals surface area contributed by atoms with Crippen molar-refractivity contribution in [2.24, 2.45) is 0 Å². The standard InChI is InChI=1S/C13H16N2O4/c1-2-8-3-6-15-10(19-8)7-14-5-4-9(16)12(17)11(14)13(15)18/h4-5,8,10,17H,2-3,6-7H2,1H3/t8-,10+/m0/s1. The van der Waals surface area contributed by atoms with Gasteiger partial charge in [0.25, 0.3) is 5.91 Å². The van der Waals surface area contributed by atoms with Crippen molar-refractivity contribution in [3.63, 3.8) is 0 Å². The summed E-state index contributed by atoms with van der Waals surface area (Å²) in [5.74, 6) is -0.801. The van der Waals surface area contributed by atoms with Crippen LogP contribution in [-0.4, -0.2) is 39.4 Å². The molecule has 1 N–H and O–H groups in total. The van der Waals surface area contributed by atoms with Crippen LogP contribution in [-0.2, 0) is 11.3 Å². The third-order valence-electron chi connectivity index (χ3n) is 3.81. The average molecular weight is 264 g/mol. The van der Waals surface area contributed by atoms with E-state index < -0.39 is 11.2 Å². The topological polar surface area (TPSA) is 71.8 Å². The molecule has 6 nitrogen and oxygen atoms in total. The molecule has 0 saturated carbocycles. The van der Waals surface area contributed by atoms with Gasteiger partial charge in [-0.3, -0.25) is 9.59 Å². The summed E-state index contributed by atoms with van der Waals surface area (Å²) >= 11 is 0. The third-order valence-corrected chi connectivity index (χ3v) is 3.81. The van der Waals surface area contributed by atoms with E-state index in [2.05, 4.69) is 6.92 Å². The molecule has 1 aromatic heterocycles. The lowest BCUT2D eigenvalue weighted by Crippen LogP contribution is -2.55. The lowest BCUT2D eigenvalue weighted by atomic mass is 10.1. The van der Waals surface area contributed by atoms with Gasteiger partial charge in [-0.05, 0) is 12.8 Å². The average Bonchev–Trinajstić information content (AvgIpc) is 2.42. The van der Waals surface area contributed by atoms with Gasteiger partial charge in [-0.15, -0.1) is 0 Å². The molecular weight excluding hydrogens is 248 g/mol. The first-order valence-electron chi connectivity index (χ1n) is 6.50. The highest BCUT2D eigenvalue weighted by atomic mass is 16.5. The first kappa shape index (κ1) is 12.2. The maximum absolute atomic E-state index is 12.3. The highest BCUT2D eigenvalue weighted by Gasteiger charge is 2.38. The fourth-order valence-corrected chi connectivity index (χ4v) is 2.71. The number of carbonyl (C=O) groups is 1. The lowest BCUT2D eigenvalue weighted by Gasteiger charge is -2.43. The molecule has 0 spiro atoms. The normalized spacial score (nSPS) is 25.9. The zero-order chi connectivity index (χ0) is 13.6. The number of hydrogen-bond acceptors (Lipinski definition) is 4. The van der Waals surface area contributed by atoms with E-state index in [-0.39, 0.29) is 23.9 Å². The van der Waals surface area contributed by atoms with E-state index in [1.807, 2.05) is 0 Å². The monoisotopic (exact) mass is 264 g/mol. The number of aromatic nitrogens is 1. The van der Waals surface area contributed by atoms with Crippen molar-refractivity contribution in [3.05, 3.63) is 28.2 Å². The van der Waals surface area contributed by atoms with Crippen LogP contribution in [0.5, 0.6) is 5.75 Å². The van der Waals surface area contributed by atoms with E-state index in [9.17, 15) is 14.7 Å². The van der Waals surface area contributed by atoms with Crippen LogP contribution in [0, 0.1) is 0 Å². The van der Waals surface area contributed by atoms with E-state index in [1.165, 1.54) is 12.3 Å². The van der Waals surface area contributed by atoms with Crippen LogP contribution in [0.25, 0.3) is 0 Å². The van der Waals surface area contributed by atoms with E-state index in [0.29, 0.717) is 13.1 Å². The van der Waals surface area contributed by atoms with Gasteiger partial charge in [0.15, 0.2) is 17.7 Å². The highest BCUT2D eigenvalue weighted by molar-refractivity contribution is 5.95. The molecule has 2 atom stereocenters. The van der Waals surface area contributed by atoms with Crippen LogP contribution in [0.1, 0.15) is 30.3 Å². The number of aromatic hydroxyl groups is 1. The molecule has 3 heterocycles. The Bertz CT molecular complexity index is 580. The summed E-state index contributed by atoms with van der Waals surface area (Å²) in [5.41, 5.74) is -0.454. The Kier molecular flexibility index (Phi) is 2.82. The van der Waals surface area contributed by atoms with Crippen molar-refractivity contribution in [1.29, 1.82) is 0 Å². The summed E-state index contributed by atoms with van der Waals surface area (Å²) < 4.78 is 7.46. The largest absolute Gasteiger partial charge is 0.503 e. The summed E-state index contributed by atoms with van der Waals surface area (Å²) in [6.45, 7) is 3.11. The molecule has 19 heavy (non-hydrogen) atoms. The van der Waals surface area contributed by atoms with Crippen molar-refractivity contribution >= 4 is 5.91 Å². The number of hydrogen-bond donors (Lipinski definition) is 1. The molecule has 1 amide bonds. The van der Waals surface area contributed by atoms with Crippen molar-refractivity contribution < 1.29 is 14.6 Å². The van der Waals surface area contributed by atoms with Crippen LogP contribution in [0.15, 0.2) is 17.1 Å². The second-order valence-corrected chi connectivity index (χ2v) is 4.94. The summed E-state index contributed by atoms with van der Waals surface area (Å²) in [6, 6.07) is 1.27. The smallest absolute Gasteiger partial charge is 0.276 e. The Balaban J connectivity index is 2.01. The Morgan fingerprint density at radius 3 is 3.00 bits per heavy atom. The van der Waals surface area contributed by atoms with Gasteiger partial charge in [0.05, 0.1) is 12.6 Å². The SMILES string of the molecule is CC[C@H]1CCN2C(=O)c3c(O)c(=O)ccn3C[C@H]2O1. The van der Waals surface area contributed by atoms with Gasteiger partial charge in [0.2, 0.25) is 5.43 Å². The number of carbonyl (C=O) groups excluding carboxylic acids is 1. The van der Waals surface area contributed by atoms with Crippen LogP contribution in [0.2, 0.25) is 0 Å². The lowest BCUT2D eigenvalue weighted by molar-refractivity contribution is -0.134. The van der Waals surface area contributed by atoms with Crippen molar-refractivity contribution in [1.82, 2.24) is 9.47 Å². The van der Waals surface area contributed by atoms with Gasteiger partial charge in [0.1, 0.15) is 0 Å². The van der Waals surface area contributed by atoms with Gasteiger partial charge >= 0.3 is 0 Å². The number of ether oxygens (including phenoxy) is 1. The van der Waals surface area contributed by atoms with Gasteiger partial charge in [0, 0.05) is 18.8 Å². The molecule has 3 rings (SSSR count). The molecule has 2 aliphatic rings. The molecular formula is C13H16N2O4. The molecule has 6 heteroatoms. The molecule has 1 fully saturated rings. The molecule has 0 radical (unpaired) electrons. The predicted octanol–water partition coefficient (Wildman–Crippen LogP) is 0.535. The molecule has 0 aliphatic carbocycles. The Morgan fingerprint density at radius 1 is 1.47 bits per heavy atom. The van der Waals surface area contributed by atoms with E-state index in [0.717, 1.165) is 12.8 Å². The van der Waals surface area contributed by atoms with Gasteiger partial charge < -0.3 is 19.3 Å². The quantitative estimate of drug-likeness (QED) is 0.803. The summed E-state index contributed by atoms with van der Waals surface area (Å²) in [4.78, 5) is 25.4. The minimum atomic E-state index is -0.526. The maximum Gasteiger partial charge on any atom is 0.276 e. The minimum Gasteiger partial charge on any atom is -0.503 e. The Hall–Kier alpha value is -1.82.